The van der Waals surface area contributed by atoms with Crippen LogP contribution in [0.1, 0.15) is 41.6 Å². The number of ether oxygens (including phenoxy) is 3. The van der Waals surface area contributed by atoms with Gasteiger partial charge in [0.2, 0.25) is 0 Å². The number of aryl methyl sites for hydroxylation is 1. The van der Waals surface area contributed by atoms with E-state index in [1.165, 1.54) is 7.11 Å². The first kappa shape index (κ1) is 31.4. The van der Waals surface area contributed by atoms with Crippen LogP contribution in [0.15, 0.2) is 24.3 Å². The molecular formula is C24H40O11. The number of methoxy groups -OCH3 is 1. The van der Waals surface area contributed by atoms with E-state index in [1.54, 1.807) is 12.1 Å². The fourth-order valence-electron chi connectivity index (χ4n) is 3.80. The Kier molecular flexibility index (Phi) is 15.1. The van der Waals surface area contributed by atoms with E-state index in [0.717, 1.165) is 25.5 Å². The third kappa shape index (κ3) is 10.5. The van der Waals surface area contributed by atoms with E-state index in [9.17, 15) is 15.0 Å². The van der Waals surface area contributed by atoms with Gasteiger partial charge in [0.15, 0.2) is 0 Å². The van der Waals surface area contributed by atoms with Crippen molar-refractivity contribution >= 4 is 5.97 Å². The molecule has 2 aliphatic rings. The Labute approximate surface area is 205 Å². The van der Waals surface area contributed by atoms with E-state index in [1.807, 2.05) is 12.1 Å². The van der Waals surface area contributed by atoms with Crippen LogP contribution in [0.25, 0.3) is 0 Å². The van der Waals surface area contributed by atoms with Crippen LogP contribution in [0, 0.1) is 0 Å². The van der Waals surface area contributed by atoms with Crippen molar-refractivity contribution in [2.75, 3.05) is 34.0 Å². The number of hydrogen-bond acceptors (Lipinski definition) is 11. The third-order valence-electron chi connectivity index (χ3n) is 5.83. The number of hydrogen-bond donors (Lipinski definition) is 7. The highest BCUT2D eigenvalue weighted by Crippen LogP contribution is 2.24. The number of esters is 1. The molecule has 0 aliphatic carbocycles. The second kappa shape index (κ2) is 16.9. The van der Waals surface area contributed by atoms with E-state index in [2.05, 4.69) is 4.74 Å². The molecule has 2 fully saturated rings. The molecule has 1 aromatic carbocycles. The lowest BCUT2D eigenvalue weighted by molar-refractivity contribution is -0.178. The van der Waals surface area contributed by atoms with Crippen LogP contribution in [-0.2, 0) is 20.6 Å². The molecule has 1 aromatic rings. The highest BCUT2D eigenvalue weighted by Gasteiger charge is 2.35. The summed E-state index contributed by atoms with van der Waals surface area (Å²) >= 11 is 0. The van der Waals surface area contributed by atoms with Gasteiger partial charge in [-0.05, 0) is 37.0 Å². The first-order chi connectivity index (χ1) is 16.8. The molecule has 11 nitrogen and oxygen atoms in total. The minimum atomic E-state index is -0.917. The summed E-state index contributed by atoms with van der Waals surface area (Å²) in [6, 6.07) is 7.18. The summed E-state index contributed by atoms with van der Waals surface area (Å²) in [6.07, 6.45) is -1.80. The molecule has 2 aliphatic heterocycles. The van der Waals surface area contributed by atoms with Crippen LogP contribution in [-0.4, -0.2) is 118 Å². The maximum absolute atomic E-state index is 11.4. The van der Waals surface area contributed by atoms with Crippen LogP contribution in [0.3, 0.4) is 0 Å². The molecule has 35 heavy (non-hydrogen) atoms. The molecule has 0 aromatic heterocycles. The van der Waals surface area contributed by atoms with Crippen molar-refractivity contribution in [2.24, 2.45) is 0 Å². The Morgan fingerprint density at radius 3 is 2.09 bits per heavy atom. The van der Waals surface area contributed by atoms with E-state index in [4.69, 9.17) is 35.0 Å². The van der Waals surface area contributed by atoms with Crippen molar-refractivity contribution in [3.8, 4) is 0 Å². The van der Waals surface area contributed by atoms with Gasteiger partial charge in [-0.25, -0.2) is 4.79 Å². The molecule has 0 spiro atoms. The van der Waals surface area contributed by atoms with Crippen molar-refractivity contribution < 1.29 is 54.8 Å². The SMILES string of the molecule is CO.COC(=O)c1ccc(CCC[C@H]2OC(CO)CC(O)C2O)cc1.OCC1CC(O)C(O)CO1. The minimum Gasteiger partial charge on any atom is -0.465 e. The van der Waals surface area contributed by atoms with Crippen LogP contribution in [0.4, 0.5) is 0 Å². The van der Waals surface area contributed by atoms with E-state index < -0.39 is 36.6 Å². The zero-order valence-corrected chi connectivity index (χ0v) is 20.3. The Balaban J connectivity index is 0.000000425. The molecule has 2 heterocycles. The smallest absolute Gasteiger partial charge is 0.337 e. The van der Waals surface area contributed by atoms with E-state index in [-0.39, 0.29) is 38.3 Å². The fourth-order valence-corrected chi connectivity index (χ4v) is 3.80. The van der Waals surface area contributed by atoms with E-state index in [0.29, 0.717) is 18.4 Å². The van der Waals surface area contributed by atoms with Crippen molar-refractivity contribution in [1.29, 1.82) is 0 Å². The Bertz CT molecular complexity index is 699. The normalized spacial score (nSPS) is 30.3. The van der Waals surface area contributed by atoms with Gasteiger partial charge in [0.05, 0.1) is 63.0 Å². The average Bonchev–Trinajstić information content (AvgIpc) is 2.89. The summed E-state index contributed by atoms with van der Waals surface area (Å²) in [5.41, 5.74) is 1.58. The number of carbonyl (C=O) groups is 1. The standard InChI is InChI=1S/C17H24O6.C6H12O4.CH4O/c1-22-17(21)12-7-5-11(6-8-12)3-2-4-15-16(20)14(19)9-13(10-18)23-15;7-2-4-1-5(8)6(9)3-10-4;1-2/h5-8,13-16,18-20H,2-4,9-10H2,1H3;4-9H,1-3H2;2H,1H3/t13?,14?,15-,16?;;/m1../s1. The maximum Gasteiger partial charge on any atom is 0.337 e. The summed E-state index contributed by atoms with van der Waals surface area (Å²) in [7, 11) is 2.35. The molecule has 7 atom stereocenters. The van der Waals surface area contributed by atoms with Gasteiger partial charge in [-0.2, -0.15) is 0 Å². The lowest BCUT2D eigenvalue weighted by Crippen LogP contribution is -2.49. The Morgan fingerprint density at radius 2 is 1.54 bits per heavy atom. The molecule has 0 amide bonds. The minimum absolute atomic E-state index is 0.0935. The van der Waals surface area contributed by atoms with Crippen molar-refractivity contribution in [2.45, 2.75) is 74.8 Å². The second-order valence-corrected chi connectivity index (χ2v) is 8.36. The summed E-state index contributed by atoms with van der Waals surface area (Å²) < 4.78 is 15.2. The van der Waals surface area contributed by atoms with Crippen LogP contribution < -0.4 is 0 Å². The summed E-state index contributed by atoms with van der Waals surface area (Å²) in [4.78, 5) is 11.4. The molecule has 6 unspecified atom stereocenters. The van der Waals surface area contributed by atoms with Gasteiger partial charge >= 0.3 is 5.97 Å². The van der Waals surface area contributed by atoms with Gasteiger partial charge in [0.25, 0.3) is 0 Å². The predicted octanol–water partition coefficient (Wildman–Crippen LogP) is -1.23. The lowest BCUT2D eigenvalue weighted by Gasteiger charge is -2.36. The molecule has 3 rings (SSSR count). The Hall–Kier alpha value is -1.67. The van der Waals surface area contributed by atoms with Crippen LogP contribution >= 0.6 is 0 Å². The largest absolute Gasteiger partial charge is 0.465 e. The first-order valence-electron chi connectivity index (χ1n) is 11.6. The summed E-state index contributed by atoms with van der Waals surface area (Å²) in [5, 5.41) is 62.5. The molecule has 11 heteroatoms. The monoisotopic (exact) mass is 504 g/mol. The van der Waals surface area contributed by atoms with Gasteiger partial charge in [-0.3, -0.25) is 0 Å². The van der Waals surface area contributed by atoms with Crippen molar-refractivity contribution in [3.63, 3.8) is 0 Å². The Morgan fingerprint density at radius 1 is 0.943 bits per heavy atom. The predicted molar refractivity (Wildman–Crippen MR) is 125 cm³/mol. The van der Waals surface area contributed by atoms with Crippen LogP contribution in [0.5, 0.6) is 0 Å². The zero-order valence-electron chi connectivity index (χ0n) is 20.3. The van der Waals surface area contributed by atoms with Gasteiger partial charge in [0.1, 0.15) is 12.2 Å². The fraction of sp³-hybridized carbons (Fsp3) is 0.708. The molecule has 0 saturated carbocycles. The second-order valence-electron chi connectivity index (χ2n) is 8.36. The van der Waals surface area contributed by atoms with E-state index >= 15 is 0 Å². The highest BCUT2D eigenvalue weighted by atomic mass is 16.5. The van der Waals surface area contributed by atoms with Crippen molar-refractivity contribution in [3.05, 3.63) is 35.4 Å². The quantitative estimate of drug-likeness (QED) is 0.220. The van der Waals surface area contributed by atoms with Crippen LogP contribution in [0.2, 0.25) is 0 Å². The van der Waals surface area contributed by atoms with Gasteiger partial charge < -0.3 is 50.0 Å². The van der Waals surface area contributed by atoms with Gasteiger partial charge in [-0.1, -0.05) is 12.1 Å². The molecule has 2 saturated heterocycles. The summed E-state index contributed by atoms with van der Waals surface area (Å²) in [5.74, 6) is -0.362. The molecule has 202 valence electrons. The number of aliphatic hydroxyl groups excluding tert-OH is 7. The maximum atomic E-state index is 11.4. The highest BCUT2D eigenvalue weighted by molar-refractivity contribution is 5.89. The average molecular weight is 505 g/mol. The topological polar surface area (TPSA) is 186 Å². The molecule has 0 radical (unpaired) electrons. The first-order valence-corrected chi connectivity index (χ1v) is 11.6. The number of aliphatic hydroxyl groups is 7. The number of benzene rings is 1. The molecule has 7 N–H and O–H groups in total. The molecular weight excluding hydrogens is 464 g/mol. The number of rotatable bonds is 7. The zero-order chi connectivity index (χ0) is 26.4. The summed E-state index contributed by atoms with van der Waals surface area (Å²) in [6.45, 7) is -0.133. The molecule has 0 bridgehead atoms. The third-order valence-corrected chi connectivity index (χ3v) is 5.83. The van der Waals surface area contributed by atoms with Crippen molar-refractivity contribution in [1.82, 2.24) is 0 Å². The van der Waals surface area contributed by atoms with Gasteiger partial charge in [-0.15, -0.1) is 0 Å². The lowest BCUT2D eigenvalue weighted by atomic mass is 9.94. The van der Waals surface area contributed by atoms with Gasteiger partial charge in [0, 0.05) is 20.0 Å². The number of carbonyl (C=O) groups excluding carboxylic acids is 1.